The molecule has 0 radical (unpaired) electrons. The maximum Gasteiger partial charge on any atom is 0.309 e. The lowest BCUT2D eigenvalue weighted by Gasteiger charge is -2.30. The van der Waals surface area contributed by atoms with Gasteiger partial charge in [-0.05, 0) is 57.3 Å². The van der Waals surface area contributed by atoms with Crippen molar-refractivity contribution in [1.82, 2.24) is 0 Å². The lowest BCUT2D eigenvalue weighted by Crippen LogP contribution is -2.30. The molecule has 2 nitrogen and oxygen atoms in total. The lowest BCUT2D eigenvalue weighted by molar-refractivity contribution is -0.157. The number of esters is 1. The zero-order chi connectivity index (χ0) is 15.1. The summed E-state index contributed by atoms with van der Waals surface area (Å²) in [6.07, 6.45) is 14.0. The summed E-state index contributed by atoms with van der Waals surface area (Å²) >= 11 is 6.09. The molecule has 0 heterocycles. The fraction of sp³-hybridized carbons (Fsp3) is 0.944. The SMILES string of the molecule is CCCCCC1CCC(OC(=O)C2CCC(Cl)CC2)CC1. The van der Waals surface area contributed by atoms with Crippen LogP contribution in [0.4, 0.5) is 0 Å². The van der Waals surface area contributed by atoms with Crippen LogP contribution >= 0.6 is 11.6 Å². The summed E-state index contributed by atoms with van der Waals surface area (Å²) in [5, 5.41) is 0.271. The quantitative estimate of drug-likeness (QED) is 0.369. The summed E-state index contributed by atoms with van der Waals surface area (Å²) in [7, 11) is 0. The Bertz CT molecular complexity index is 302. The summed E-state index contributed by atoms with van der Waals surface area (Å²) < 4.78 is 5.76. The molecule has 2 aliphatic rings. The molecule has 0 unspecified atom stereocenters. The number of rotatable bonds is 6. The van der Waals surface area contributed by atoms with Crippen molar-refractivity contribution in [2.75, 3.05) is 0 Å². The molecule has 0 aliphatic heterocycles. The van der Waals surface area contributed by atoms with Crippen LogP contribution in [0, 0.1) is 11.8 Å². The molecule has 21 heavy (non-hydrogen) atoms. The summed E-state index contributed by atoms with van der Waals surface area (Å²) in [6.45, 7) is 2.26. The number of halogens is 1. The fourth-order valence-corrected chi connectivity index (χ4v) is 4.02. The molecule has 2 rings (SSSR count). The van der Waals surface area contributed by atoms with Gasteiger partial charge in [-0.2, -0.15) is 0 Å². The van der Waals surface area contributed by atoms with E-state index in [0.717, 1.165) is 44.4 Å². The number of hydrogen-bond donors (Lipinski definition) is 0. The second kappa shape index (κ2) is 9.02. The van der Waals surface area contributed by atoms with Crippen molar-refractivity contribution < 1.29 is 9.53 Å². The second-order valence-electron chi connectivity index (χ2n) is 7.02. The van der Waals surface area contributed by atoms with E-state index in [1.54, 1.807) is 0 Å². The third-order valence-corrected chi connectivity index (χ3v) is 5.72. The molecule has 2 saturated carbocycles. The number of carbonyl (C=O) groups excluding carboxylic acids is 1. The van der Waals surface area contributed by atoms with Gasteiger partial charge < -0.3 is 4.74 Å². The van der Waals surface area contributed by atoms with Gasteiger partial charge in [0.25, 0.3) is 0 Å². The van der Waals surface area contributed by atoms with Gasteiger partial charge in [-0.15, -0.1) is 11.6 Å². The Morgan fingerprint density at radius 1 is 1.00 bits per heavy atom. The minimum absolute atomic E-state index is 0.0491. The fourth-order valence-electron chi connectivity index (χ4n) is 3.77. The smallest absolute Gasteiger partial charge is 0.309 e. The number of alkyl halides is 1. The molecule has 3 heteroatoms. The van der Waals surface area contributed by atoms with E-state index in [4.69, 9.17) is 16.3 Å². The van der Waals surface area contributed by atoms with E-state index < -0.39 is 0 Å². The Balaban J connectivity index is 1.62. The Morgan fingerprint density at radius 3 is 2.29 bits per heavy atom. The molecular weight excluding hydrogens is 284 g/mol. The van der Waals surface area contributed by atoms with Crippen LogP contribution in [0.1, 0.15) is 84.0 Å². The molecule has 2 aliphatic carbocycles. The van der Waals surface area contributed by atoms with Gasteiger partial charge in [-0.1, -0.05) is 32.6 Å². The summed E-state index contributed by atoms with van der Waals surface area (Å²) in [4.78, 5) is 12.2. The molecule has 0 amide bonds. The molecule has 0 aromatic heterocycles. The van der Waals surface area contributed by atoms with E-state index in [1.165, 1.54) is 38.5 Å². The van der Waals surface area contributed by atoms with E-state index in [2.05, 4.69) is 6.92 Å². The molecule has 0 saturated heterocycles. The van der Waals surface area contributed by atoms with Crippen LogP contribution in [0.3, 0.4) is 0 Å². The predicted molar refractivity (Wildman–Crippen MR) is 87.6 cm³/mol. The highest BCUT2D eigenvalue weighted by Crippen LogP contribution is 2.32. The first-order valence-electron chi connectivity index (χ1n) is 9.03. The Hall–Kier alpha value is -0.240. The van der Waals surface area contributed by atoms with E-state index in [1.807, 2.05) is 0 Å². The third-order valence-electron chi connectivity index (χ3n) is 5.28. The van der Waals surface area contributed by atoms with Crippen LogP contribution in [0.25, 0.3) is 0 Å². The highest BCUT2D eigenvalue weighted by Gasteiger charge is 2.30. The second-order valence-corrected chi connectivity index (χ2v) is 7.64. The lowest BCUT2D eigenvalue weighted by atomic mass is 9.84. The van der Waals surface area contributed by atoms with Crippen LogP contribution < -0.4 is 0 Å². The van der Waals surface area contributed by atoms with Gasteiger partial charge in [0.05, 0.1) is 5.92 Å². The molecule has 0 aromatic rings. The van der Waals surface area contributed by atoms with E-state index >= 15 is 0 Å². The van der Waals surface area contributed by atoms with Gasteiger partial charge in [0.1, 0.15) is 6.10 Å². The zero-order valence-corrected chi connectivity index (χ0v) is 14.2. The highest BCUT2D eigenvalue weighted by atomic mass is 35.5. The minimum atomic E-state index is 0.0491. The molecule has 0 aromatic carbocycles. The number of hydrogen-bond acceptors (Lipinski definition) is 2. The molecule has 0 spiro atoms. The predicted octanol–water partition coefficient (Wildman–Crippen LogP) is 5.47. The number of ether oxygens (including phenoxy) is 1. The van der Waals surface area contributed by atoms with Crippen molar-refractivity contribution in [3.63, 3.8) is 0 Å². The van der Waals surface area contributed by atoms with Crippen molar-refractivity contribution in [2.45, 2.75) is 95.5 Å². The van der Waals surface area contributed by atoms with Gasteiger partial charge in [0.15, 0.2) is 0 Å². The van der Waals surface area contributed by atoms with E-state index in [-0.39, 0.29) is 23.4 Å². The maximum atomic E-state index is 12.2. The Kier molecular flexibility index (Phi) is 7.36. The summed E-state index contributed by atoms with van der Waals surface area (Å²) in [5.41, 5.74) is 0. The third kappa shape index (κ3) is 5.81. The molecule has 122 valence electrons. The van der Waals surface area contributed by atoms with Gasteiger partial charge in [0.2, 0.25) is 0 Å². The number of carbonyl (C=O) groups is 1. The average molecular weight is 315 g/mol. The molecule has 0 atom stereocenters. The largest absolute Gasteiger partial charge is 0.462 e. The topological polar surface area (TPSA) is 26.3 Å². The first kappa shape index (κ1) is 17.1. The standard InChI is InChI=1S/C18H31ClO2/c1-2-3-4-5-14-6-12-17(13-7-14)21-18(20)15-8-10-16(19)11-9-15/h14-17H,2-13H2,1H3. The van der Waals surface area contributed by atoms with Crippen molar-refractivity contribution >= 4 is 17.6 Å². The van der Waals surface area contributed by atoms with Gasteiger partial charge in [0, 0.05) is 5.38 Å². The summed E-state index contributed by atoms with van der Waals surface area (Å²) in [5.74, 6) is 1.04. The van der Waals surface area contributed by atoms with E-state index in [9.17, 15) is 4.79 Å². The summed E-state index contributed by atoms with van der Waals surface area (Å²) in [6, 6.07) is 0. The van der Waals surface area contributed by atoms with Crippen molar-refractivity contribution in [3.8, 4) is 0 Å². The van der Waals surface area contributed by atoms with Crippen molar-refractivity contribution in [3.05, 3.63) is 0 Å². The van der Waals surface area contributed by atoms with Crippen LogP contribution in [0.5, 0.6) is 0 Å². The van der Waals surface area contributed by atoms with Crippen LogP contribution in [-0.2, 0) is 9.53 Å². The van der Waals surface area contributed by atoms with Gasteiger partial charge in [-0.25, -0.2) is 0 Å². The zero-order valence-electron chi connectivity index (χ0n) is 13.5. The Labute approximate surface area is 135 Å². The van der Waals surface area contributed by atoms with Gasteiger partial charge in [-0.3, -0.25) is 4.79 Å². The van der Waals surface area contributed by atoms with Crippen LogP contribution in [0.15, 0.2) is 0 Å². The molecular formula is C18H31ClO2. The van der Waals surface area contributed by atoms with Crippen molar-refractivity contribution in [2.24, 2.45) is 11.8 Å². The minimum Gasteiger partial charge on any atom is -0.462 e. The van der Waals surface area contributed by atoms with Crippen LogP contribution in [0.2, 0.25) is 0 Å². The molecule has 0 N–H and O–H groups in total. The Morgan fingerprint density at radius 2 is 1.67 bits per heavy atom. The van der Waals surface area contributed by atoms with Gasteiger partial charge >= 0.3 is 5.97 Å². The highest BCUT2D eigenvalue weighted by molar-refractivity contribution is 6.20. The number of unbranched alkanes of at least 4 members (excludes halogenated alkanes) is 2. The van der Waals surface area contributed by atoms with Crippen molar-refractivity contribution in [1.29, 1.82) is 0 Å². The normalized spacial score (nSPS) is 33.6. The van der Waals surface area contributed by atoms with Crippen LogP contribution in [-0.4, -0.2) is 17.5 Å². The molecule has 0 bridgehead atoms. The molecule has 2 fully saturated rings. The monoisotopic (exact) mass is 314 g/mol. The first-order valence-corrected chi connectivity index (χ1v) is 9.47. The average Bonchev–Trinajstić information content (AvgIpc) is 2.50. The maximum absolute atomic E-state index is 12.2. The first-order chi connectivity index (χ1) is 10.2. The van der Waals surface area contributed by atoms with E-state index in [0.29, 0.717) is 0 Å².